The maximum absolute atomic E-state index is 5.96. The number of rotatable bonds is 4. The summed E-state index contributed by atoms with van der Waals surface area (Å²) in [6.45, 7) is 12.8. The Hall–Kier alpha value is -0.0500. The molecule has 0 radical (unpaired) electrons. The van der Waals surface area contributed by atoms with Gasteiger partial charge in [0.15, 0.2) is 0 Å². The summed E-state index contributed by atoms with van der Waals surface area (Å²) in [5, 5.41) is 3.64. The molecule has 1 aliphatic carbocycles. The van der Waals surface area contributed by atoms with E-state index >= 15 is 0 Å². The highest BCUT2D eigenvalue weighted by atomic mass is 35.5. The van der Waals surface area contributed by atoms with Crippen LogP contribution in [0.25, 0.3) is 0 Å². The van der Waals surface area contributed by atoms with Crippen LogP contribution in [0.5, 0.6) is 0 Å². The van der Waals surface area contributed by atoms with Crippen molar-refractivity contribution in [2.24, 2.45) is 16.7 Å². The zero-order chi connectivity index (χ0) is 12.8. The van der Waals surface area contributed by atoms with Crippen LogP contribution in [0, 0.1) is 16.7 Å². The van der Waals surface area contributed by atoms with E-state index in [1.54, 1.807) is 11.3 Å². The molecule has 1 unspecified atom stereocenters. The number of halogens is 1. The Morgan fingerprint density at radius 1 is 1.29 bits per heavy atom. The molecule has 1 atom stereocenters. The van der Waals surface area contributed by atoms with E-state index in [1.807, 2.05) is 6.07 Å². The summed E-state index contributed by atoms with van der Waals surface area (Å²) in [7, 11) is 0. The molecule has 96 valence electrons. The monoisotopic (exact) mass is 271 g/mol. The van der Waals surface area contributed by atoms with Crippen molar-refractivity contribution in [2.45, 2.75) is 40.7 Å². The van der Waals surface area contributed by atoms with Crippen LogP contribution >= 0.6 is 22.9 Å². The van der Waals surface area contributed by atoms with Crippen LogP contribution in [0.15, 0.2) is 12.1 Å². The number of nitrogens with one attached hydrogen (secondary N) is 1. The standard InChI is InChI=1S/C14H22ClNS/c1-9(10-6-7-12(15)17-10)16-8-11-13(2,3)14(11,4)5/h6-7,9,11,16H,8H2,1-5H3. The molecule has 1 N–H and O–H groups in total. The fourth-order valence-corrected chi connectivity index (χ4v) is 3.89. The Morgan fingerprint density at radius 2 is 1.88 bits per heavy atom. The first-order valence-corrected chi connectivity index (χ1v) is 7.45. The van der Waals surface area contributed by atoms with E-state index in [9.17, 15) is 0 Å². The largest absolute Gasteiger partial charge is 0.309 e. The molecule has 2 rings (SSSR count). The van der Waals surface area contributed by atoms with Gasteiger partial charge in [0, 0.05) is 10.9 Å². The van der Waals surface area contributed by atoms with E-state index in [4.69, 9.17) is 11.6 Å². The first-order valence-electron chi connectivity index (χ1n) is 6.25. The lowest BCUT2D eigenvalue weighted by atomic mass is 10.0. The van der Waals surface area contributed by atoms with Crippen molar-refractivity contribution in [1.82, 2.24) is 5.32 Å². The molecule has 0 aromatic carbocycles. The highest BCUT2D eigenvalue weighted by molar-refractivity contribution is 7.16. The lowest BCUT2D eigenvalue weighted by Gasteiger charge is -2.12. The minimum Gasteiger partial charge on any atom is -0.309 e. The van der Waals surface area contributed by atoms with Gasteiger partial charge in [-0.15, -0.1) is 11.3 Å². The highest BCUT2D eigenvalue weighted by Crippen LogP contribution is 2.68. The smallest absolute Gasteiger partial charge is 0.0931 e. The molecule has 1 fully saturated rings. The lowest BCUT2D eigenvalue weighted by Crippen LogP contribution is -2.22. The molecule has 1 aromatic rings. The number of thiophene rings is 1. The summed E-state index contributed by atoms with van der Waals surface area (Å²) in [4.78, 5) is 1.33. The molecule has 17 heavy (non-hydrogen) atoms. The third-order valence-corrected chi connectivity index (χ3v) is 6.38. The summed E-state index contributed by atoms with van der Waals surface area (Å²) in [5.74, 6) is 0.771. The van der Waals surface area contributed by atoms with Crippen molar-refractivity contribution in [3.63, 3.8) is 0 Å². The van der Waals surface area contributed by atoms with Gasteiger partial charge >= 0.3 is 0 Å². The van der Waals surface area contributed by atoms with Gasteiger partial charge in [-0.05, 0) is 42.3 Å². The van der Waals surface area contributed by atoms with Crippen molar-refractivity contribution in [3.05, 3.63) is 21.3 Å². The molecule has 1 nitrogen and oxygen atoms in total. The van der Waals surface area contributed by atoms with Crippen LogP contribution < -0.4 is 5.32 Å². The van der Waals surface area contributed by atoms with Crippen LogP contribution in [0.3, 0.4) is 0 Å². The van der Waals surface area contributed by atoms with Crippen molar-refractivity contribution in [2.75, 3.05) is 6.54 Å². The average Bonchev–Trinajstić information content (AvgIpc) is 2.55. The third-order valence-electron chi connectivity index (χ3n) is 4.97. The Morgan fingerprint density at radius 3 is 2.29 bits per heavy atom. The summed E-state index contributed by atoms with van der Waals surface area (Å²) < 4.78 is 0.876. The average molecular weight is 272 g/mol. The zero-order valence-corrected chi connectivity index (χ0v) is 12.9. The number of hydrogen-bond donors (Lipinski definition) is 1. The summed E-state index contributed by atoms with van der Waals surface area (Å²) in [6.07, 6.45) is 0. The molecule has 1 aromatic heterocycles. The molecule has 1 aliphatic rings. The van der Waals surface area contributed by atoms with E-state index in [2.05, 4.69) is 46.0 Å². The third kappa shape index (κ3) is 2.27. The molecular weight excluding hydrogens is 250 g/mol. The number of hydrogen-bond acceptors (Lipinski definition) is 2. The van der Waals surface area contributed by atoms with E-state index in [-0.39, 0.29) is 0 Å². The Kier molecular flexibility index (Phi) is 3.35. The minimum absolute atomic E-state index is 0.402. The summed E-state index contributed by atoms with van der Waals surface area (Å²) in [5.41, 5.74) is 0.930. The fourth-order valence-electron chi connectivity index (χ4n) is 2.80. The molecule has 3 heteroatoms. The SMILES string of the molecule is CC(NCC1C(C)(C)C1(C)C)c1ccc(Cl)s1. The molecule has 0 amide bonds. The second-order valence-electron chi connectivity index (χ2n) is 6.27. The van der Waals surface area contributed by atoms with Gasteiger partial charge in [-0.1, -0.05) is 39.3 Å². The van der Waals surface area contributed by atoms with Gasteiger partial charge in [0.25, 0.3) is 0 Å². The van der Waals surface area contributed by atoms with Crippen molar-refractivity contribution in [3.8, 4) is 0 Å². The van der Waals surface area contributed by atoms with Crippen LogP contribution in [0.2, 0.25) is 4.34 Å². The molecule has 0 spiro atoms. The van der Waals surface area contributed by atoms with Crippen LogP contribution in [-0.2, 0) is 0 Å². The Labute approximate surface area is 114 Å². The zero-order valence-electron chi connectivity index (χ0n) is 11.3. The van der Waals surface area contributed by atoms with Crippen molar-refractivity contribution < 1.29 is 0 Å². The van der Waals surface area contributed by atoms with E-state index < -0.39 is 0 Å². The fraction of sp³-hybridized carbons (Fsp3) is 0.714. The molecule has 1 heterocycles. The maximum Gasteiger partial charge on any atom is 0.0931 e. The van der Waals surface area contributed by atoms with Gasteiger partial charge < -0.3 is 5.32 Å². The second-order valence-corrected chi connectivity index (χ2v) is 8.01. The van der Waals surface area contributed by atoms with Crippen molar-refractivity contribution >= 4 is 22.9 Å². The van der Waals surface area contributed by atoms with E-state index in [0.717, 1.165) is 16.8 Å². The van der Waals surface area contributed by atoms with Gasteiger partial charge in [0.05, 0.1) is 4.34 Å². The Bertz CT molecular complexity index is 394. The van der Waals surface area contributed by atoms with Gasteiger partial charge in [-0.3, -0.25) is 0 Å². The van der Waals surface area contributed by atoms with Crippen LogP contribution in [0.4, 0.5) is 0 Å². The van der Waals surface area contributed by atoms with E-state index in [1.165, 1.54) is 4.88 Å². The van der Waals surface area contributed by atoms with Gasteiger partial charge in [0.2, 0.25) is 0 Å². The Balaban J connectivity index is 1.88. The quantitative estimate of drug-likeness (QED) is 0.834. The van der Waals surface area contributed by atoms with E-state index in [0.29, 0.717) is 16.9 Å². The topological polar surface area (TPSA) is 12.0 Å². The predicted molar refractivity (Wildman–Crippen MR) is 76.8 cm³/mol. The molecule has 0 aliphatic heterocycles. The maximum atomic E-state index is 5.96. The van der Waals surface area contributed by atoms with Crippen LogP contribution in [0.1, 0.15) is 45.5 Å². The second kappa shape index (κ2) is 4.25. The summed E-state index contributed by atoms with van der Waals surface area (Å²) >= 11 is 7.63. The highest BCUT2D eigenvalue weighted by Gasteiger charge is 2.63. The molecule has 0 bridgehead atoms. The predicted octanol–water partition coefficient (Wildman–Crippen LogP) is 4.73. The normalized spacial score (nSPS) is 23.6. The lowest BCUT2D eigenvalue weighted by molar-refractivity contribution is 0.457. The van der Waals surface area contributed by atoms with Gasteiger partial charge in [-0.25, -0.2) is 0 Å². The van der Waals surface area contributed by atoms with Crippen LogP contribution in [-0.4, -0.2) is 6.54 Å². The molecular formula is C14H22ClNS. The first-order chi connectivity index (χ1) is 7.76. The first kappa shape index (κ1) is 13.4. The minimum atomic E-state index is 0.402. The molecule has 1 saturated carbocycles. The molecule has 0 saturated heterocycles. The van der Waals surface area contributed by atoms with Gasteiger partial charge in [-0.2, -0.15) is 0 Å². The van der Waals surface area contributed by atoms with Crippen molar-refractivity contribution in [1.29, 1.82) is 0 Å². The van der Waals surface area contributed by atoms with Gasteiger partial charge in [0.1, 0.15) is 0 Å². The summed E-state index contributed by atoms with van der Waals surface area (Å²) in [6, 6.07) is 4.50.